The molecule has 0 radical (unpaired) electrons. The number of aryl methyl sites for hydroxylation is 2. The van der Waals surface area contributed by atoms with E-state index in [9.17, 15) is 0 Å². The quantitative estimate of drug-likeness (QED) is 0.471. The van der Waals surface area contributed by atoms with Crippen molar-refractivity contribution in [3.63, 3.8) is 0 Å². The van der Waals surface area contributed by atoms with Crippen molar-refractivity contribution in [1.82, 2.24) is 15.0 Å². The Morgan fingerprint density at radius 3 is 2.20 bits per heavy atom. The molecule has 2 aromatic heterocycles. The van der Waals surface area contributed by atoms with Gasteiger partial charge >= 0.3 is 0 Å². The summed E-state index contributed by atoms with van der Waals surface area (Å²) in [5, 5.41) is 1.81. The first-order valence-corrected chi connectivity index (χ1v) is 8.19. The van der Waals surface area contributed by atoms with Gasteiger partial charge in [0.25, 0.3) is 0 Å². The molecule has 4 rings (SSSR count). The molecule has 0 aliphatic carbocycles. The molecule has 3 nitrogen and oxygen atoms in total. The van der Waals surface area contributed by atoms with E-state index in [4.69, 9.17) is 21.6 Å². The van der Waals surface area contributed by atoms with E-state index in [1.807, 2.05) is 61.5 Å². The van der Waals surface area contributed by atoms with Crippen LogP contribution < -0.4 is 0 Å². The van der Waals surface area contributed by atoms with Gasteiger partial charge in [-0.25, -0.2) is 9.97 Å². The molecule has 4 aromatic rings. The summed E-state index contributed by atoms with van der Waals surface area (Å²) in [7, 11) is 0. The lowest BCUT2D eigenvalue weighted by molar-refractivity contribution is 1.16. The SMILES string of the molecule is Cc1nc(-c2ccccc2)nc2c(-c3ccc(Cl)cc3)[nH]c(C)c12.Cl. The van der Waals surface area contributed by atoms with E-state index >= 15 is 0 Å². The molecule has 2 heterocycles. The fraction of sp³-hybridized carbons (Fsp3) is 0.100. The molecule has 0 saturated heterocycles. The molecule has 126 valence electrons. The molecule has 5 heteroatoms. The van der Waals surface area contributed by atoms with E-state index in [2.05, 4.69) is 11.9 Å². The number of nitrogens with one attached hydrogen (secondary N) is 1. The summed E-state index contributed by atoms with van der Waals surface area (Å²) in [5.41, 5.74) is 6.08. The summed E-state index contributed by atoms with van der Waals surface area (Å²) in [6, 6.07) is 17.9. The normalized spacial score (nSPS) is 10.7. The van der Waals surface area contributed by atoms with Gasteiger partial charge in [-0.3, -0.25) is 0 Å². The van der Waals surface area contributed by atoms with Crippen LogP contribution in [-0.2, 0) is 0 Å². The Kier molecular flexibility index (Phi) is 4.80. The van der Waals surface area contributed by atoms with Gasteiger partial charge in [0.05, 0.1) is 11.4 Å². The standard InChI is InChI=1S/C20H16ClN3.ClH/c1-12-17-13(2)23-20(15-6-4-3-5-7-15)24-19(17)18(22-12)14-8-10-16(21)11-9-14;/h3-11,22H,1-2H3;1H. The fourth-order valence-corrected chi connectivity index (χ4v) is 3.18. The largest absolute Gasteiger partial charge is 0.356 e. The topological polar surface area (TPSA) is 41.6 Å². The van der Waals surface area contributed by atoms with Crippen LogP contribution in [0.1, 0.15) is 11.4 Å². The number of nitrogens with zero attached hydrogens (tertiary/aromatic N) is 2. The molecule has 0 aliphatic heterocycles. The maximum absolute atomic E-state index is 6.02. The summed E-state index contributed by atoms with van der Waals surface area (Å²) in [5.74, 6) is 0.745. The lowest BCUT2D eigenvalue weighted by Crippen LogP contribution is -1.93. The molecule has 0 fully saturated rings. The van der Waals surface area contributed by atoms with Gasteiger partial charge in [-0.15, -0.1) is 12.4 Å². The lowest BCUT2D eigenvalue weighted by Gasteiger charge is -2.05. The molecule has 2 aromatic carbocycles. The minimum Gasteiger partial charge on any atom is -0.356 e. The maximum atomic E-state index is 6.02. The highest BCUT2D eigenvalue weighted by Gasteiger charge is 2.16. The number of rotatable bonds is 2. The number of halogens is 2. The second-order valence-corrected chi connectivity index (χ2v) is 6.29. The van der Waals surface area contributed by atoms with Crippen LogP contribution in [0.25, 0.3) is 33.5 Å². The molecule has 1 N–H and O–H groups in total. The Morgan fingerprint density at radius 1 is 0.840 bits per heavy atom. The molecule has 0 amide bonds. The van der Waals surface area contributed by atoms with Gasteiger partial charge in [0.15, 0.2) is 5.82 Å². The fourth-order valence-electron chi connectivity index (χ4n) is 3.05. The monoisotopic (exact) mass is 369 g/mol. The summed E-state index contributed by atoms with van der Waals surface area (Å²) < 4.78 is 0. The summed E-state index contributed by atoms with van der Waals surface area (Å²) in [4.78, 5) is 13.0. The highest BCUT2D eigenvalue weighted by Crippen LogP contribution is 2.32. The van der Waals surface area contributed by atoms with Gasteiger partial charge in [-0.2, -0.15) is 0 Å². The molecule has 0 bridgehead atoms. The molecule has 25 heavy (non-hydrogen) atoms. The molecular weight excluding hydrogens is 353 g/mol. The van der Waals surface area contributed by atoms with E-state index in [1.165, 1.54) is 0 Å². The van der Waals surface area contributed by atoms with Crippen LogP contribution in [0.5, 0.6) is 0 Å². The van der Waals surface area contributed by atoms with Crippen molar-refractivity contribution in [2.24, 2.45) is 0 Å². The van der Waals surface area contributed by atoms with Crippen LogP contribution in [0.2, 0.25) is 5.02 Å². The minimum absolute atomic E-state index is 0. The van der Waals surface area contributed by atoms with Crippen molar-refractivity contribution in [2.75, 3.05) is 0 Å². The third kappa shape index (κ3) is 3.13. The van der Waals surface area contributed by atoms with Crippen LogP contribution >= 0.6 is 24.0 Å². The van der Waals surface area contributed by atoms with Crippen molar-refractivity contribution in [2.45, 2.75) is 13.8 Å². The van der Waals surface area contributed by atoms with E-state index < -0.39 is 0 Å². The van der Waals surface area contributed by atoms with Crippen molar-refractivity contribution in [3.8, 4) is 22.6 Å². The number of aromatic nitrogens is 3. The first-order chi connectivity index (χ1) is 11.6. The van der Waals surface area contributed by atoms with Crippen LogP contribution in [0.4, 0.5) is 0 Å². The van der Waals surface area contributed by atoms with Crippen molar-refractivity contribution in [3.05, 3.63) is 71.0 Å². The van der Waals surface area contributed by atoms with Gasteiger partial charge < -0.3 is 4.98 Å². The lowest BCUT2D eigenvalue weighted by atomic mass is 10.1. The average Bonchev–Trinajstić information content (AvgIpc) is 2.93. The van der Waals surface area contributed by atoms with Gasteiger partial charge in [0.2, 0.25) is 0 Å². The van der Waals surface area contributed by atoms with Gasteiger partial charge in [0.1, 0.15) is 5.52 Å². The second kappa shape index (κ2) is 6.87. The molecular formula is C20H17Cl2N3. The summed E-state index contributed by atoms with van der Waals surface area (Å²) in [6.07, 6.45) is 0. The molecule has 0 aliphatic rings. The number of hydrogen-bond donors (Lipinski definition) is 1. The summed E-state index contributed by atoms with van der Waals surface area (Å²) in [6.45, 7) is 4.09. The Bertz CT molecular complexity index is 1020. The number of benzene rings is 2. The molecule has 0 saturated carbocycles. The zero-order valence-corrected chi connectivity index (χ0v) is 15.4. The molecule has 0 unspecified atom stereocenters. The van der Waals surface area contributed by atoms with E-state index in [0.29, 0.717) is 0 Å². The Morgan fingerprint density at radius 2 is 1.52 bits per heavy atom. The Balaban J connectivity index is 0.00000182. The molecule has 0 spiro atoms. The van der Waals surface area contributed by atoms with Gasteiger partial charge in [-0.1, -0.05) is 54.1 Å². The smallest absolute Gasteiger partial charge is 0.160 e. The predicted octanol–water partition coefficient (Wildman–Crippen LogP) is 5.98. The Labute approximate surface area is 157 Å². The van der Waals surface area contributed by atoms with Crippen LogP contribution in [-0.4, -0.2) is 15.0 Å². The average molecular weight is 370 g/mol. The number of aromatic amines is 1. The number of H-pyrrole nitrogens is 1. The highest BCUT2D eigenvalue weighted by atomic mass is 35.5. The van der Waals surface area contributed by atoms with Gasteiger partial charge in [-0.05, 0) is 26.0 Å². The van der Waals surface area contributed by atoms with Crippen LogP contribution in [0.15, 0.2) is 54.6 Å². The minimum atomic E-state index is 0. The van der Waals surface area contributed by atoms with E-state index in [0.717, 1.165) is 50.0 Å². The third-order valence-electron chi connectivity index (χ3n) is 4.18. The van der Waals surface area contributed by atoms with Crippen molar-refractivity contribution >= 4 is 34.9 Å². The van der Waals surface area contributed by atoms with Crippen LogP contribution in [0, 0.1) is 13.8 Å². The van der Waals surface area contributed by atoms with Crippen LogP contribution in [0.3, 0.4) is 0 Å². The van der Waals surface area contributed by atoms with Crippen molar-refractivity contribution in [1.29, 1.82) is 0 Å². The number of hydrogen-bond acceptors (Lipinski definition) is 2. The predicted molar refractivity (Wildman–Crippen MR) is 106 cm³/mol. The van der Waals surface area contributed by atoms with Gasteiger partial charge in [0, 0.05) is 27.2 Å². The molecule has 0 atom stereocenters. The zero-order valence-electron chi connectivity index (χ0n) is 13.9. The first kappa shape index (κ1) is 17.5. The third-order valence-corrected chi connectivity index (χ3v) is 4.43. The zero-order chi connectivity index (χ0) is 16.7. The maximum Gasteiger partial charge on any atom is 0.160 e. The van der Waals surface area contributed by atoms with E-state index in [1.54, 1.807) is 0 Å². The Hall–Kier alpha value is -2.36. The number of fused-ring (bicyclic) bond motifs is 1. The first-order valence-electron chi connectivity index (χ1n) is 7.82. The highest BCUT2D eigenvalue weighted by molar-refractivity contribution is 6.30. The van der Waals surface area contributed by atoms with E-state index in [-0.39, 0.29) is 12.4 Å². The summed E-state index contributed by atoms with van der Waals surface area (Å²) >= 11 is 6.02. The van der Waals surface area contributed by atoms with Crippen molar-refractivity contribution < 1.29 is 0 Å². The second-order valence-electron chi connectivity index (χ2n) is 5.85.